The van der Waals surface area contributed by atoms with E-state index in [0.717, 1.165) is 5.56 Å². The van der Waals surface area contributed by atoms with Crippen molar-refractivity contribution in [2.45, 2.75) is 5.75 Å². The maximum atomic E-state index is 11.6. The molecule has 5 heteroatoms. The van der Waals surface area contributed by atoms with Gasteiger partial charge in [0, 0.05) is 35.1 Å². The first-order valence-electron chi connectivity index (χ1n) is 4.80. The highest BCUT2D eigenvalue weighted by molar-refractivity contribution is 7.84. The molecule has 0 aliphatic carbocycles. The Labute approximate surface area is 97.5 Å². The van der Waals surface area contributed by atoms with Crippen LogP contribution >= 0.6 is 0 Å². The summed E-state index contributed by atoms with van der Waals surface area (Å²) in [6.45, 7) is 0.455. The molecule has 0 aromatic heterocycles. The molecule has 1 unspecified atom stereocenters. The van der Waals surface area contributed by atoms with Gasteiger partial charge in [0.15, 0.2) is 0 Å². The lowest BCUT2D eigenvalue weighted by atomic mass is 10.1. The zero-order valence-electron chi connectivity index (χ0n) is 9.10. The van der Waals surface area contributed by atoms with Crippen LogP contribution in [-0.4, -0.2) is 23.7 Å². The van der Waals surface area contributed by atoms with Gasteiger partial charge in [0.05, 0.1) is 12.2 Å². The van der Waals surface area contributed by atoms with Gasteiger partial charge in [0.1, 0.15) is 6.07 Å². The molecule has 1 aromatic rings. The largest absolute Gasteiger partial charge is 0.398 e. The molecule has 0 saturated heterocycles. The molecule has 16 heavy (non-hydrogen) atoms. The first kappa shape index (κ1) is 12.7. The summed E-state index contributed by atoms with van der Waals surface area (Å²) in [5.41, 5.74) is 7.25. The maximum absolute atomic E-state index is 11.6. The summed E-state index contributed by atoms with van der Waals surface area (Å²) in [4.78, 5) is 0. The highest BCUT2D eigenvalue weighted by atomic mass is 32.2. The van der Waals surface area contributed by atoms with Crippen molar-refractivity contribution in [3.63, 3.8) is 0 Å². The average molecular weight is 238 g/mol. The average Bonchev–Trinajstić information content (AvgIpc) is 2.27. The monoisotopic (exact) mass is 238 g/mol. The van der Waals surface area contributed by atoms with E-state index in [0.29, 0.717) is 29.4 Å². The number of hydrogen-bond acceptors (Lipinski definition) is 4. The maximum Gasteiger partial charge on any atom is 0.102 e. The summed E-state index contributed by atoms with van der Waals surface area (Å²) in [6, 6.07) is 7.24. The molecular formula is C11H14N2O2S. The number of nitrogens with zero attached hydrogens (tertiary/aromatic N) is 1. The molecular weight excluding hydrogens is 224 g/mol. The highest BCUT2D eigenvalue weighted by Gasteiger charge is 2.08. The third kappa shape index (κ3) is 3.33. The summed E-state index contributed by atoms with van der Waals surface area (Å²) < 4.78 is 16.5. The predicted molar refractivity (Wildman–Crippen MR) is 64.2 cm³/mol. The third-order valence-corrected chi connectivity index (χ3v) is 3.38. The van der Waals surface area contributed by atoms with Gasteiger partial charge in [-0.15, -0.1) is 0 Å². The van der Waals surface area contributed by atoms with E-state index in [1.54, 1.807) is 25.3 Å². The second kappa shape index (κ2) is 6.26. The van der Waals surface area contributed by atoms with Gasteiger partial charge in [-0.05, 0) is 11.6 Å². The zero-order chi connectivity index (χ0) is 12.0. The van der Waals surface area contributed by atoms with Gasteiger partial charge < -0.3 is 10.5 Å². The molecule has 0 spiro atoms. The van der Waals surface area contributed by atoms with Crippen LogP contribution in [0.3, 0.4) is 0 Å². The van der Waals surface area contributed by atoms with Crippen LogP contribution in [-0.2, 0) is 21.3 Å². The fourth-order valence-corrected chi connectivity index (χ4v) is 2.38. The summed E-state index contributed by atoms with van der Waals surface area (Å²) in [5.74, 6) is 0.813. The Kier molecular flexibility index (Phi) is 4.96. The number of rotatable bonds is 5. The molecule has 0 radical (unpaired) electrons. The number of anilines is 1. The van der Waals surface area contributed by atoms with Gasteiger partial charge in [-0.25, -0.2) is 0 Å². The fraction of sp³-hybridized carbons (Fsp3) is 0.364. The van der Waals surface area contributed by atoms with Gasteiger partial charge >= 0.3 is 0 Å². The molecule has 0 aliphatic heterocycles. The van der Waals surface area contributed by atoms with Crippen molar-refractivity contribution < 1.29 is 8.95 Å². The van der Waals surface area contributed by atoms with E-state index < -0.39 is 10.8 Å². The number of methoxy groups -OCH3 is 1. The second-order valence-corrected chi connectivity index (χ2v) is 4.85. The quantitative estimate of drug-likeness (QED) is 0.777. The molecule has 1 rings (SSSR count). The molecule has 2 N–H and O–H groups in total. The SMILES string of the molecule is COCCS(=O)Cc1cccc(N)c1C#N. The molecule has 1 atom stereocenters. The van der Waals surface area contributed by atoms with E-state index in [2.05, 4.69) is 0 Å². The van der Waals surface area contributed by atoms with Crippen molar-refractivity contribution in [1.29, 1.82) is 5.26 Å². The molecule has 0 amide bonds. The normalized spacial score (nSPS) is 12.0. The lowest BCUT2D eigenvalue weighted by Gasteiger charge is -2.06. The number of benzene rings is 1. The van der Waals surface area contributed by atoms with Crippen molar-refractivity contribution in [3.8, 4) is 6.07 Å². The first-order chi connectivity index (χ1) is 7.69. The predicted octanol–water partition coefficient (Wildman–Crippen LogP) is 1.04. The van der Waals surface area contributed by atoms with Crippen molar-refractivity contribution in [2.24, 2.45) is 0 Å². The third-order valence-electron chi connectivity index (χ3n) is 2.13. The highest BCUT2D eigenvalue weighted by Crippen LogP contribution is 2.17. The van der Waals surface area contributed by atoms with E-state index in [4.69, 9.17) is 15.7 Å². The van der Waals surface area contributed by atoms with E-state index in [9.17, 15) is 4.21 Å². The minimum atomic E-state index is -1.02. The van der Waals surface area contributed by atoms with Gasteiger partial charge in [0.25, 0.3) is 0 Å². The number of nitrogens with two attached hydrogens (primary N) is 1. The number of hydrogen-bond donors (Lipinski definition) is 1. The molecule has 0 aliphatic rings. The molecule has 0 fully saturated rings. The van der Waals surface area contributed by atoms with Crippen LogP contribution in [0.15, 0.2) is 18.2 Å². The lowest BCUT2D eigenvalue weighted by Crippen LogP contribution is -2.08. The Morgan fingerprint density at radius 2 is 2.31 bits per heavy atom. The Balaban J connectivity index is 2.78. The fourth-order valence-electron chi connectivity index (χ4n) is 1.30. The van der Waals surface area contributed by atoms with Gasteiger partial charge in [-0.3, -0.25) is 4.21 Å². The molecule has 0 bridgehead atoms. The van der Waals surface area contributed by atoms with Gasteiger partial charge in [0.2, 0.25) is 0 Å². The Morgan fingerprint density at radius 1 is 1.56 bits per heavy atom. The van der Waals surface area contributed by atoms with Gasteiger partial charge in [-0.1, -0.05) is 12.1 Å². The molecule has 1 aromatic carbocycles. The van der Waals surface area contributed by atoms with Crippen LogP contribution in [0, 0.1) is 11.3 Å². The molecule has 0 saturated carbocycles. The summed E-state index contributed by atoms with van der Waals surface area (Å²) >= 11 is 0. The van der Waals surface area contributed by atoms with Crippen molar-refractivity contribution in [1.82, 2.24) is 0 Å². The van der Waals surface area contributed by atoms with E-state index in [1.165, 1.54) is 0 Å². The zero-order valence-corrected chi connectivity index (χ0v) is 9.92. The Morgan fingerprint density at radius 3 is 2.94 bits per heavy atom. The summed E-state index contributed by atoms with van der Waals surface area (Å²) in [7, 11) is 0.545. The van der Waals surface area contributed by atoms with Gasteiger partial charge in [-0.2, -0.15) is 5.26 Å². The Hall–Kier alpha value is -1.38. The minimum Gasteiger partial charge on any atom is -0.398 e. The lowest BCUT2D eigenvalue weighted by molar-refractivity contribution is 0.218. The van der Waals surface area contributed by atoms with Crippen molar-refractivity contribution >= 4 is 16.5 Å². The smallest absolute Gasteiger partial charge is 0.102 e. The van der Waals surface area contributed by atoms with Crippen molar-refractivity contribution in [3.05, 3.63) is 29.3 Å². The van der Waals surface area contributed by atoms with E-state index in [1.807, 2.05) is 6.07 Å². The number of ether oxygens (including phenoxy) is 1. The minimum absolute atomic E-state index is 0.345. The summed E-state index contributed by atoms with van der Waals surface area (Å²) in [5, 5.41) is 8.93. The van der Waals surface area contributed by atoms with Crippen molar-refractivity contribution in [2.75, 3.05) is 25.2 Å². The van der Waals surface area contributed by atoms with Crippen LogP contribution in [0.25, 0.3) is 0 Å². The molecule has 4 nitrogen and oxygen atoms in total. The number of nitrogen functional groups attached to an aromatic ring is 1. The first-order valence-corrected chi connectivity index (χ1v) is 6.29. The summed E-state index contributed by atoms with van der Waals surface area (Å²) in [6.07, 6.45) is 0. The van der Waals surface area contributed by atoms with Crippen LogP contribution in [0.2, 0.25) is 0 Å². The standard InChI is InChI=1S/C11H14N2O2S/c1-15-5-6-16(14)8-9-3-2-4-11(13)10(9)7-12/h2-4H,5-6,8,13H2,1H3. The van der Waals surface area contributed by atoms with Crippen LogP contribution in [0.1, 0.15) is 11.1 Å². The Bertz CT molecular complexity index is 426. The number of nitriles is 1. The molecule has 86 valence electrons. The van der Waals surface area contributed by atoms with Crippen LogP contribution < -0.4 is 5.73 Å². The second-order valence-electron chi connectivity index (χ2n) is 3.27. The van der Waals surface area contributed by atoms with Crippen LogP contribution in [0.5, 0.6) is 0 Å². The van der Waals surface area contributed by atoms with Crippen LogP contribution in [0.4, 0.5) is 5.69 Å². The van der Waals surface area contributed by atoms with E-state index >= 15 is 0 Å². The van der Waals surface area contributed by atoms with E-state index in [-0.39, 0.29) is 0 Å². The molecule has 0 heterocycles. The topological polar surface area (TPSA) is 76.1 Å².